The van der Waals surface area contributed by atoms with Crippen LogP contribution in [0, 0.1) is 5.92 Å². The van der Waals surface area contributed by atoms with Crippen LogP contribution in [0.15, 0.2) is 30.3 Å². The number of aliphatic hydroxyl groups is 1. The second-order valence-electron chi connectivity index (χ2n) is 6.76. The SMILES string of the molecule is CC(CC(O)c1ccccc1)NC(=O)CNC(=O)CC1CCCC1. The molecule has 132 valence electrons. The van der Waals surface area contributed by atoms with E-state index in [4.69, 9.17) is 0 Å². The summed E-state index contributed by atoms with van der Waals surface area (Å²) in [7, 11) is 0. The smallest absolute Gasteiger partial charge is 0.239 e. The van der Waals surface area contributed by atoms with Crippen LogP contribution >= 0.6 is 0 Å². The maximum Gasteiger partial charge on any atom is 0.239 e. The van der Waals surface area contributed by atoms with Gasteiger partial charge in [0.1, 0.15) is 0 Å². The van der Waals surface area contributed by atoms with Crippen LogP contribution in [0.5, 0.6) is 0 Å². The molecule has 1 saturated carbocycles. The first-order chi connectivity index (χ1) is 11.5. The summed E-state index contributed by atoms with van der Waals surface area (Å²) in [5, 5.41) is 15.7. The first-order valence-electron chi connectivity index (χ1n) is 8.83. The number of hydrogen-bond acceptors (Lipinski definition) is 3. The van der Waals surface area contributed by atoms with E-state index in [0.29, 0.717) is 18.8 Å². The number of benzene rings is 1. The van der Waals surface area contributed by atoms with Gasteiger partial charge in [0.15, 0.2) is 0 Å². The van der Waals surface area contributed by atoms with Crippen molar-refractivity contribution in [3.05, 3.63) is 35.9 Å². The van der Waals surface area contributed by atoms with Crippen LogP contribution in [0.25, 0.3) is 0 Å². The maximum absolute atomic E-state index is 11.9. The minimum atomic E-state index is -0.613. The Bertz CT molecular complexity index is 527. The predicted octanol–water partition coefficient (Wildman–Crippen LogP) is 2.31. The van der Waals surface area contributed by atoms with E-state index in [-0.39, 0.29) is 24.4 Å². The minimum Gasteiger partial charge on any atom is -0.388 e. The third-order valence-corrected chi connectivity index (χ3v) is 4.56. The Labute approximate surface area is 143 Å². The van der Waals surface area contributed by atoms with E-state index < -0.39 is 6.10 Å². The second-order valence-corrected chi connectivity index (χ2v) is 6.76. The highest BCUT2D eigenvalue weighted by atomic mass is 16.3. The molecule has 3 N–H and O–H groups in total. The van der Waals surface area contributed by atoms with E-state index in [0.717, 1.165) is 18.4 Å². The second kappa shape index (κ2) is 9.42. The molecule has 1 aromatic carbocycles. The Morgan fingerprint density at radius 1 is 1.17 bits per heavy atom. The molecule has 2 unspecified atom stereocenters. The van der Waals surface area contributed by atoms with Crippen molar-refractivity contribution in [1.82, 2.24) is 10.6 Å². The highest BCUT2D eigenvalue weighted by Gasteiger charge is 2.19. The summed E-state index contributed by atoms with van der Waals surface area (Å²) in [6, 6.07) is 9.21. The zero-order valence-corrected chi connectivity index (χ0v) is 14.3. The molecule has 2 rings (SSSR count). The number of rotatable bonds is 8. The Balaban J connectivity index is 1.64. The summed E-state index contributed by atoms with van der Waals surface area (Å²) in [4.78, 5) is 23.7. The molecule has 0 aliphatic heterocycles. The van der Waals surface area contributed by atoms with Gasteiger partial charge in [0, 0.05) is 12.5 Å². The number of aliphatic hydroxyl groups excluding tert-OH is 1. The molecular formula is C19H28N2O3. The zero-order valence-electron chi connectivity index (χ0n) is 14.3. The van der Waals surface area contributed by atoms with Crippen molar-refractivity contribution in [1.29, 1.82) is 0 Å². The summed E-state index contributed by atoms with van der Waals surface area (Å²) >= 11 is 0. The van der Waals surface area contributed by atoms with Crippen molar-refractivity contribution in [3.63, 3.8) is 0 Å². The number of carbonyl (C=O) groups is 2. The predicted molar refractivity (Wildman–Crippen MR) is 93.2 cm³/mol. The van der Waals surface area contributed by atoms with E-state index in [1.807, 2.05) is 37.3 Å². The van der Waals surface area contributed by atoms with Crippen molar-refractivity contribution in [2.75, 3.05) is 6.54 Å². The Hall–Kier alpha value is -1.88. The number of nitrogens with one attached hydrogen (secondary N) is 2. The standard InChI is InChI=1S/C19H28N2O3/c1-14(11-17(22)16-9-3-2-4-10-16)21-19(24)13-20-18(23)12-15-7-5-6-8-15/h2-4,9-10,14-15,17,22H,5-8,11-13H2,1H3,(H,20,23)(H,21,24). The highest BCUT2D eigenvalue weighted by Crippen LogP contribution is 2.27. The quantitative estimate of drug-likeness (QED) is 0.683. The van der Waals surface area contributed by atoms with Crippen LogP contribution in [0.1, 0.15) is 57.1 Å². The average Bonchev–Trinajstić information content (AvgIpc) is 3.06. The van der Waals surface area contributed by atoms with E-state index in [9.17, 15) is 14.7 Å². The Morgan fingerprint density at radius 2 is 1.83 bits per heavy atom. The van der Waals surface area contributed by atoms with Gasteiger partial charge >= 0.3 is 0 Å². The Morgan fingerprint density at radius 3 is 2.50 bits per heavy atom. The molecule has 2 amide bonds. The third-order valence-electron chi connectivity index (χ3n) is 4.56. The number of amides is 2. The average molecular weight is 332 g/mol. The molecule has 0 saturated heterocycles. The minimum absolute atomic E-state index is 0.00265. The zero-order chi connectivity index (χ0) is 17.4. The molecule has 0 spiro atoms. The van der Waals surface area contributed by atoms with Crippen LogP contribution in [0.4, 0.5) is 0 Å². The lowest BCUT2D eigenvalue weighted by Gasteiger charge is -2.18. The first-order valence-corrected chi connectivity index (χ1v) is 8.83. The van der Waals surface area contributed by atoms with Gasteiger partial charge in [-0.05, 0) is 37.7 Å². The van der Waals surface area contributed by atoms with Crippen molar-refractivity contribution in [3.8, 4) is 0 Å². The monoisotopic (exact) mass is 332 g/mol. The van der Waals surface area contributed by atoms with E-state index in [1.54, 1.807) is 0 Å². The normalized spacial score (nSPS) is 17.2. The maximum atomic E-state index is 11.9. The number of hydrogen-bond donors (Lipinski definition) is 3. The first kappa shape index (κ1) is 18.5. The van der Waals surface area contributed by atoms with Crippen molar-refractivity contribution in [2.45, 2.75) is 57.6 Å². The van der Waals surface area contributed by atoms with Gasteiger partial charge < -0.3 is 15.7 Å². The van der Waals surface area contributed by atoms with Gasteiger partial charge in [0.25, 0.3) is 0 Å². The summed E-state index contributed by atoms with van der Waals surface area (Å²) < 4.78 is 0. The molecule has 1 fully saturated rings. The molecule has 0 bridgehead atoms. The summed E-state index contributed by atoms with van der Waals surface area (Å²) in [6.45, 7) is 1.85. The molecule has 5 nitrogen and oxygen atoms in total. The van der Waals surface area contributed by atoms with E-state index in [2.05, 4.69) is 10.6 Å². The molecule has 1 aliphatic carbocycles. The molecule has 5 heteroatoms. The summed E-state index contributed by atoms with van der Waals surface area (Å²) in [5.41, 5.74) is 0.837. The lowest BCUT2D eigenvalue weighted by molar-refractivity contribution is -0.127. The lowest BCUT2D eigenvalue weighted by atomic mass is 10.0. The van der Waals surface area contributed by atoms with Gasteiger partial charge in [0.05, 0.1) is 12.6 Å². The molecular weight excluding hydrogens is 304 g/mol. The third kappa shape index (κ3) is 6.32. The van der Waals surface area contributed by atoms with Crippen LogP contribution < -0.4 is 10.6 Å². The fourth-order valence-corrected chi connectivity index (χ4v) is 3.26. The van der Waals surface area contributed by atoms with Gasteiger partial charge in [-0.25, -0.2) is 0 Å². The van der Waals surface area contributed by atoms with Crippen molar-refractivity contribution < 1.29 is 14.7 Å². The molecule has 0 heterocycles. The fraction of sp³-hybridized carbons (Fsp3) is 0.579. The molecule has 1 aromatic rings. The van der Waals surface area contributed by atoms with Crippen LogP contribution in [0.2, 0.25) is 0 Å². The van der Waals surface area contributed by atoms with Crippen molar-refractivity contribution in [2.24, 2.45) is 5.92 Å². The molecule has 1 aliphatic rings. The van der Waals surface area contributed by atoms with Gasteiger partial charge in [-0.1, -0.05) is 43.2 Å². The summed E-state index contributed by atoms with van der Waals surface area (Å²) in [6.07, 6.45) is 5.00. The molecule has 24 heavy (non-hydrogen) atoms. The lowest BCUT2D eigenvalue weighted by Crippen LogP contribution is -2.41. The van der Waals surface area contributed by atoms with Gasteiger partial charge in [-0.2, -0.15) is 0 Å². The highest BCUT2D eigenvalue weighted by molar-refractivity contribution is 5.84. The molecule has 2 atom stereocenters. The largest absolute Gasteiger partial charge is 0.388 e. The Kier molecular flexibility index (Phi) is 7.25. The van der Waals surface area contributed by atoms with Crippen molar-refractivity contribution >= 4 is 11.8 Å². The van der Waals surface area contributed by atoms with E-state index in [1.165, 1.54) is 12.8 Å². The van der Waals surface area contributed by atoms with Crippen LogP contribution in [-0.4, -0.2) is 29.5 Å². The van der Waals surface area contributed by atoms with Gasteiger partial charge in [0.2, 0.25) is 11.8 Å². The number of carbonyl (C=O) groups excluding carboxylic acids is 2. The molecule has 0 radical (unpaired) electrons. The van der Waals surface area contributed by atoms with Gasteiger partial charge in [-0.3, -0.25) is 9.59 Å². The fourth-order valence-electron chi connectivity index (χ4n) is 3.26. The molecule has 0 aromatic heterocycles. The van der Waals surface area contributed by atoms with Crippen LogP contribution in [-0.2, 0) is 9.59 Å². The summed E-state index contributed by atoms with van der Waals surface area (Å²) in [5.74, 6) is 0.213. The van der Waals surface area contributed by atoms with Crippen LogP contribution in [0.3, 0.4) is 0 Å². The van der Waals surface area contributed by atoms with E-state index >= 15 is 0 Å². The topological polar surface area (TPSA) is 78.4 Å². The van der Waals surface area contributed by atoms with Gasteiger partial charge in [-0.15, -0.1) is 0 Å².